The molecule has 0 bridgehead atoms. The molecule has 2 aromatic carbocycles. The summed E-state index contributed by atoms with van der Waals surface area (Å²) in [5.41, 5.74) is 2.17. The first-order valence-electron chi connectivity index (χ1n) is 7.85. The molecular formula is C19H21FN2O2. The van der Waals surface area contributed by atoms with Crippen molar-refractivity contribution in [3.63, 3.8) is 0 Å². The molecule has 0 fully saturated rings. The number of halogens is 1. The number of hydrogen-bond donors (Lipinski definition) is 2. The van der Waals surface area contributed by atoms with Crippen molar-refractivity contribution < 1.29 is 14.0 Å². The van der Waals surface area contributed by atoms with Gasteiger partial charge in [0.05, 0.1) is 13.0 Å². The first kappa shape index (κ1) is 17.7. The highest BCUT2D eigenvalue weighted by atomic mass is 19.1. The molecule has 0 heterocycles. The zero-order chi connectivity index (χ0) is 17.5. The van der Waals surface area contributed by atoms with Crippen LogP contribution in [0.3, 0.4) is 0 Å². The summed E-state index contributed by atoms with van der Waals surface area (Å²) in [6.45, 7) is 4.04. The van der Waals surface area contributed by atoms with Crippen LogP contribution in [-0.2, 0) is 16.0 Å². The van der Waals surface area contributed by atoms with Crippen molar-refractivity contribution >= 4 is 17.5 Å². The van der Waals surface area contributed by atoms with Crippen molar-refractivity contribution in [2.45, 2.75) is 26.2 Å². The summed E-state index contributed by atoms with van der Waals surface area (Å²) in [6.07, 6.45) is -0.0942. The molecule has 0 saturated carbocycles. The van der Waals surface area contributed by atoms with E-state index in [9.17, 15) is 14.0 Å². The molecule has 2 amide bonds. The Labute approximate surface area is 141 Å². The summed E-state index contributed by atoms with van der Waals surface area (Å²) < 4.78 is 13.5. The van der Waals surface area contributed by atoms with Gasteiger partial charge in [0.15, 0.2) is 0 Å². The number of amides is 2. The first-order valence-corrected chi connectivity index (χ1v) is 7.85. The molecule has 0 radical (unpaired) electrons. The van der Waals surface area contributed by atoms with Gasteiger partial charge in [-0.2, -0.15) is 0 Å². The number of benzene rings is 2. The van der Waals surface area contributed by atoms with Gasteiger partial charge in [-0.05, 0) is 35.2 Å². The van der Waals surface area contributed by atoms with Gasteiger partial charge in [0.2, 0.25) is 11.8 Å². The summed E-state index contributed by atoms with van der Waals surface area (Å²) in [7, 11) is 0. The van der Waals surface area contributed by atoms with E-state index in [0.29, 0.717) is 17.2 Å². The van der Waals surface area contributed by atoms with Gasteiger partial charge in [0.25, 0.3) is 0 Å². The lowest BCUT2D eigenvalue weighted by molar-refractivity contribution is -0.123. The van der Waals surface area contributed by atoms with E-state index in [4.69, 9.17) is 0 Å². The summed E-state index contributed by atoms with van der Waals surface area (Å²) in [5.74, 6) is -0.727. The molecule has 0 aromatic heterocycles. The highest BCUT2D eigenvalue weighted by Gasteiger charge is 2.09. The molecule has 5 heteroatoms. The predicted molar refractivity (Wildman–Crippen MR) is 92.3 cm³/mol. The van der Waals surface area contributed by atoms with Gasteiger partial charge >= 0.3 is 0 Å². The van der Waals surface area contributed by atoms with E-state index < -0.39 is 11.7 Å². The Bertz CT molecular complexity index is 712. The zero-order valence-electron chi connectivity index (χ0n) is 13.8. The molecule has 0 aliphatic rings. The SMILES string of the molecule is CC(C)c1ccc(NC(=O)CNC(=O)Cc2ccccc2F)cc1. The second-order valence-electron chi connectivity index (χ2n) is 5.87. The Morgan fingerprint density at radius 1 is 1.00 bits per heavy atom. The Balaban J connectivity index is 1.80. The lowest BCUT2D eigenvalue weighted by Crippen LogP contribution is -2.33. The van der Waals surface area contributed by atoms with Crippen molar-refractivity contribution in [1.82, 2.24) is 5.32 Å². The molecule has 0 spiro atoms. The minimum absolute atomic E-state index is 0.0942. The third-order valence-electron chi connectivity index (χ3n) is 3.62. The van der Waals surface area contributed by atoms with E-state index in [1.807, 2.05) is 24.3 Å². The summed E-state index contributed by atoms with van der Waals surface area (Å²) in [4.78, 5) is 23.6. The normalized spacial score (nSPS) is 10.5. The Morgan fingerprint density at radius 3 is 2.29 bits per heavy atom. The van der Waals surface area contributed by atoms with E-state index in [1.54, 1.807) is 18.2 Å². The van der Waals surface area contributed by atoms with Gasteiger partial charge in [0.1, 0.15) is 5.82 Å². The number of nitrogens with one attached hydrogen (secondary N) is 2. The van der Waals surface area contributed by atoms with Crippen LogP contribution in [0.2, 0.25) is 0 Å². The average Bonchev–Trinajstić information content (AvgIpc) is 2.55. The van der Waals surface area contributed by atoms with E-state index in [2.05, 4.69) is 24.5 Å². The molecule has 0 atom stereocenters. The lowest BCUT2D eigenvalue weighted by Gasteiger charge is -2.09. The minimum Gasteiger partial charge on any atom is -0.347 e. The second kappa shape index (κ2) is 8.24. The van der Waals surface area contributed by atoms with E-state index in [1.165, 1.54) is 11.6 Å². The summed E-state index contributed by atoms with van der Waals surface area (Å²) in [5, 5.41) is 5.20. The van der Waals surface area contributed by atoms with Gasteiger partial charge in [-0.3, -0.25) is 9.59 Å². The lowest BCUT2D eigenvalue weighted by atomic mass is 10.0. The van der Waals surface area contributed by atoms with Crippen LogP contribution in [0.25, 0.3) is 0 Å². The molecule has 0 aliphatic heterocycles. The number of rotatable bonds is 6. The maximum Gasteiger partial charge on any atom is 0.243 e. The van der Waals surface area contributed by atoms with Gasteiger partial charge in [-0.15, -0.1) is 0 Å². The first-order chi connectivity index (χ1) is 11.5. The number of carbonyl (C=O) groups is 2. The second-order valence-corrected chi connectivity index (χ2v) is 5.87. The third kappa shape index (κ3) is 5.19. The molecule has 2 aromatic rings. The van der Waals surface area contributed by atoms with Crippen LogP contribution in [0.15, 0.2) is 48.5 Å². The maximum atomic E-state index is 13.5. The molecular weight excluding hydrogens is 307 g/mol. The number of carbonyl (C=O) groups excluding carboxylic acids is 2. The van der Waals surface area contributed by atoms with Crippen LogP contribution in [0, 0.1) is 5.82 Å². The van der Waals surface area contributed by atoms with Crippen molar-refractivity contribution in [1.29, 1.82) is 0 Å². The highest BCUT2D eigenvalue weighted by Crippen LogP contribution is 2.16. The Hall–Kier alpha value is -2.69. The molecule has 2 rings (SSSR count). The average molecular weight is 328 g/mol. The standard InChI is InChI=1S/C19H21FN2O2/c1-13(2)14-7-9-16(10-8-14)22-19(24)12-21-18(23)11-15-5-3-4-6-17(15)20/h3-10,13H,11-12H2,1-2H3,(H,21,23)(H,22,24). The quantitative estimate of drug-likeness (QED) is 0.855. The molecule has 4 nitrogen and oxygen atoms in total. The van der Waals surface area contributed by atoms with Crippen LogP contribution in [0.5, 0.6) is 0 Å². The molecule has 126 valence electrons. The predicted octanol–water partition coefficient (Wildman–Crippen LogP) is 3.25. The molecule has 2 N–H and O–H groups in total. The van der Waals surface area contributed by atoms with Crippen molar-refractivity contribution in [2.75, 3.05) is 11.9 Å². The van der Waals surface area contributed by atoms with Gasteiger partial charge < -0.3 is 10.6 Å². The van der Waals surface area contributed by atoms with Crippen LogP contribution in [0.1, 0.15) is 30.9 Å². The van der Waals surface area contributed by atoms with Crippen LogP contribution in [-0.4, -0.2) is 18.4 Å². The van der Waals surface area contributed by atoms with Crippen LogP contribution < -0.4 is 10.6 Å². The van der Waals surface area contributed by atoms with E-state index >= 15 is 0 Å². The number of anilines is 1. The summed E-state index contributed by atoms with van der Waals surface area (Å²) in [6, 6.07) is 13.6. The topological polar surface area (TPSA) is 58.2 Å². The van der Waals surface area contributed by atoms with Gasteiger partial charge in [-0.1, -0.05) is 44.2 Å². The summed E-state index contributed by atoms with van der Waals surface area (Å²) >= 11 is 0. The van der Waals surface area contributed by atoms with E-state index in [0.717, 1.165) is 0 Å². The largest absolute Gasteiger partial charge is 0.347 e. The molecule has 24 heavy (non-hydrogen) atoms. The van der Waals surface area contributed by atoms with Crippen molar-refractivity contribution in [3.05, 3.63) is 65.5 Å². The third-order valence-corrected chi connectivity index (χ3v) is 3.62. The van der Waals surface area contributed by atoms with Gasteiger partial charge in [-0.25, -0.2) is 4.39 Å². The zero-order valence-corrected chi connectivity index (χ0v) is 13.8. The maximum absolute atomic E-state index is 13.5. The monoisotopic (exact) mass is 328 g/mol. The molecule has 0 saturated heterocycles. The van der Waals surface area contributed by atoms with Crippen molar-refractivity contribution in [3.8, 4) is 0 Å². The van der Waals surface area contributed by atoms with E-state index in [-0.39, 0.29) is 18.9 Å². The molecule has 0 aliphatic carbocycles. The number of hydrogen-bond acceptors (Lipinski definition) is 2. The van der Waals surface area contributed by atoms with Crippen LogP contribution >= 0.6 is 0 Å². The Morgan fingerprint density at radius 2 is 1.67 bits per heavy atom. The molecule has 0 unspecified atom stereocenters. The minimum atomic E-state index is -0.428. The van der Waals surface area contributed by atoms with Crippen LogP contribution in [0.4, 0.5) is 10.1 Å². The fourth-order valence-corrected chi connectivity index (χ4v) is 2.21. The fraction of sp³-hybridized carbons (Fsp3) is 0.263. The fourth-order valence-electron chi connectivity index (χ4n) is 2.21. The smallest absolute Gasteiger partial charge is 0.243 e. The highest BCUT2D eigenvalue weighted by molar-refractivity contribution is 5.94. The Kier molecular flexibility index (Phi) is 6.07. The van der Waals surface area contributed by atoms with Crippen molar-refractivity contribution in [2.24, 2.45) is 0 Å². The van der Waals surface area contributed by atoms with Gasteiger partial charge in [0, 0.05) is 5.69 Å².